The first-order valence-electron chi connectivity index (χ1n) is 22.5. The zero-order chi connectivity index (χ0) is 46.9. The number of hydrogen-bond donors (Lipinski definition) is 4. The molecule has 5 aliphatic heterocycles. The first kappa shape index (κ1) is 46.3. The van der Waals surface area contributed by atoms with Crippen molar-refractivity contribution in [2.45, 2.75) is 122 Å². The van der Waals surface area contributed by atoms with Crippen LogP contribution in [-0.2, 0) is 66.8 Å². The minimum Gasteiger partial charge on any atom is -0.372 e. The Kier molecular flexibility index (Phi) is 13.6. The van der Waals surface area contributed by atoms with Crippen LogP contribution in [0, 0.1) is 0 Å². The highest BCUT2D eigenvalue weighted by molar-refractivity contribution is 7.10. The van der Waals surface area contributed by atoms with Crippen LogP contribution in [0.15, 0.2) is 59.3 Å². The standard InChI is InChI=1S/C25H29N3O4S.C24H26N4O4S/c1-14(15-5-7-16(8-6-15)25(2,3)4)22(30)26-11-20-17-12-28(24(32)18(17)13-33-20)19-9-10-21(29)27-23(19)31;29-21-8-7-19(23(31)26-21)28-13-17-18(24(28)32)14-33-20(17)12-25-22(30)11-15-3-5-16(6-4-15)27-9-1-2-10-27/h5-8,13-14,19H,9-12H2,1-4H3,(H,26,30)(H,27,29,31);3-6,14,19H,1-2,7-13H2,(H,25,30)(H,26,29,31). The van der Waals surface area contributed by atoms with Gasteiger partial charge in [-0.1, -0.05) is 57.2 Å². The molecule has 66 heavy (non-hydrogen) atoms. The zero-order valence-corrected chi connectivity index (χ0v) is 39.3. The fourth-order valence-corrected chi connectivity index (χ4v) is 11.0. The zero-order valence-electron chi connectivity index (χ0n) is 37.6. The number of nitrogens with one attached hydrogen (secondary N) is 4. The molecule has 0 radical (unpaired) electrons. The minimum absolute atomic E-state index is 0.0583. The van der Waals surface area contributed by atoms with E-state index in [-0.39, 0.29) is 59.6 Å². The van der Waals surface area contributed by atoms with E-state index in [4.69, 9.17) is 0 Å². The van der Waals surface area contributed by atoms with E-state index in [2.05, 4.69) is 71.2 Å². The SMILES string of the molecule is CC(C(=O)NCc1scc2c1CN(C1CCC(=O)NC1=O)C2=O)c1ccc(C(C)(C)C)cc1.O=C(Cc1ccc(N2CCCC2)cc1)NCc1scc2c1CN(C1CCC(=O)NC1=O)C2=O. The Bertz CT molecular complexity index is 2570. The first-order chi connectivity index (χ1) is 31.5. The molecule has 0 saturated carbocycles. The molecule has 2 aromatic carbocycles. The van der Waals surface area contributed by atoms with Gasteiger partial charge in [0.1, 0.15) is 12.1 Å². The molecule has 9 rings (SSSR count). The number of carbonyl (C=O) groups excluding carboxylic acids is 8. The number of anilines is 1. The van der Waals surface area contributed by atoms with Gasteiger partial charge >= 0.3 is 0 Å². The summed E-state index contributed by atoms with van der Waals surface area (Å²) >= 11 is 2.89. The average molecular weight is 934 g/mol. The summed E-state index contributed by atoms with van der Waals surface area (Å²) in [5.41, 5.74) is 7.30. The third-order valence-corrected chi connectivity index (χ3v) is 15.1. The van der Waals surface area contributed by atoms with E-state index in [1.807, 2.05) is 31.2 Å². The monoisotopic (exact) mass is 933 g/mol. The molecule has 0 aliphatic carbocycles. The summed E-state index contributed by atoms with van der Waals surface area (Å²) in [6.07, 6.45) is 3.89. The molecule has 3 unspecified atom stereocenters. The minimum atomic E-state index is -0.633. The normalized spacial score (nSPS) is 19.8. The second kappa shape index (κ2) is 19.3. The number of amides is 8. The maximum atomic E-state index is 12.8. The van der Waals surface area contributed by atoms with Crippen LogP contribution in [0.3, 0.4) is 0 Å². The lowest BCUT2D eigenvalue weighted by atomic mass is 9.85. The predicted octanol–water partition coefficient (Wildman–Crippen LogP) is 5.19. The topological polar surface area (TPSA) is 194 Å². The van der Waals surface area contributed by atoms with E-state index in [1.165, 1.54) is 56.6 Å². The van der Waals surface area contributed by atoms with Crippen LogP contribution in [0.5, 0.6) is 0 Å². The molecule has 15 nitrogen and oxygen atoms in total. The summed E-state index contributed by atoms with van der Waals surface area (Å²) in [4.78, 5) is 106. The number of carbonyl (C=O) groups is 8. The van der Waals surface area contributed by atoms with Gasteiger partial charge in [-0.2, -0.15) is 0 Å². The van der Waals surface area contributed by atoms with Crippen molar-refractivity contribution >= 4 is 75.6 Å². The van der Waals surface area contributed by atoms with Crippen molar-refractivity contribution in [2.75, 3.05) is 18.0 Å². The highest BCUT2D eigenvalue weighted by atomic mass is 32.1. The van der Waals surface area contributed by atoms with Crippen molar-refractivity contribution in [3.63, 3.8) is 0 Å². The molecule has 8 amide bonds. The fraction of sp³-hybridized carbons (Fsp3) is 0.429. The summed E-state index contributed by atoms with van der Waals surface area (Å²) in [7, 11) is 0. The average Bonchev–Trinajstić information content (AvgIpc) is 4.14. The summed E-state index contributed by atoms with van der Waals surface area (Å²) in [6.45, 7) is 11.9. The smallest absolute Gasteiger partial charge is 0.256 e. The maximum Gasteiger partial charge on any atom is 0.256 e. The Morgan fingerprint density at radius 3 is 1.70 bits per heavy atom. The molecular weight excluding hydrogens is 879 g/mol. The van der Waals surface area contributed by atoms with Crippen molar-refractivity contribution in [3.05, 3.63) is 108 Å². The van der Waals surface area contributed by atoms with Crippen LogP contribution in [-0.4, -0.2) is 82.2 Å². The van der Waals surface area contributed by atoms with Gasteiger partial charge in [-0.05, 0) is 78.0 Å². The van der Waals surface area contributed by atoms with Crippen LogP contribution < -0.4 is 26.2 Å². The summed E-state index contributed by atoms with van der Waals surface area (Å²) in [6, 6.07) is 15.1. The Balaban J connectivity index is 0.000000179. The van der Waals surface area contributed by atoms with Gasteiger partial charge in [0.05, 0.1) is 36.6 Å². The Hall–Kier alpha value is -6.20. The van der Waals surface area contributed by atoms with E-state index in [0.29, 0.717) is 56.6 Å². The van der Waals surface area contributed by atoms with Gasteiger partial charge in [0.2, 0.25) is 35.4 Å². The van der Waals surface area contributed by atoms with Crippen LogP contribution in [0.1, 0.15) is 130 Å². The molecular formula is C49H55N7O8S2. The Labute approximate surface area is 391 Å². The van der Waals surface area contributed by atoms with Crippen molar-refractivity contribution < 1.29 is 38.4 Å². The summed E-state index contributed by atoms with van der Waals surface area (Å²) in [5.74, 6) is -2.27. The molecule has 4 aromatic rings. The van der Waals surface area contributed by atoms with Crippen molar-refractivity contribution in [1.29, 1.82) is 0 Å². The summed E-state index contributed by atoms with van der Waals surface area (Å²) in [5, 5.41) is 14.2. The number of nitrogens with zero attached hydrogens (tertiary/aromatic N) is 3. The van der Waals surface area contributed by atoms with Gasteiger partial charge in [-0.3, -0.25) is 49.0 Å². The number of benzene rings is 2. The van der Waals surface area contributed by atoms with Gasteiger partial charge in [-0.25, -0.2) is 0 Å². The number of thiophene rings is 2. The second-order valence-electron chi connectivity index (χ2n) is 18.5. The van der Waals surface area contributed by atoms with Gasteiger partial charge in [0.25, 0.3) is 11.8 Å². The third kappa shape index (κ3) is 9.96. The summed E-state index contributed by atoms with van der Waals surface area (Å²) < 4.78 is 0. The number of hydrogen-bond acceptors (Lipinski definition) is 11. The molecule has 5 aliphatic rings. The van der Waals surface area contributed by atoms with E-state index >= 15 is 0 Å². The highest BCUT2D eigenvalue weighted by Crippen LogP contribution is 2.35. The predicted molar refractivity (Wildman–Crippen MR) is 250 cm³/mol. The molecule has 2 aromatic heterocycles. The van der Waals surface area contributed by atoms with Crippen molar-refractivity contribution in [1.82, 2.24) is 31.1 Å². The second-order valence-corrected chi connectivity index (χ2v) is 20.5. The Morgan fingerprint density at radius 2 is 1.21 bits per heavy atom. The van der Waals surface area contributed by atoms with Gasteiger partial charge < -0.3 is 25.3 Å². The molecule has 3 atom stereocenters. The quantitative estimate of drug-likeness (QED) is 0.147. The van der Waals surface area contributed by atoms with Crippen LogP contribution in [0.2, 0.25) is 0 Å². The van der Waals surface area contributed by atoms with Crippen LogP contribution >= 0.6 is 22.7 Å². The molecule has 4 N–H and O–H groups in total. The van der Waals surface area contributed by atoms with E-state index in [1.54, 1.807) is 10.8 Å². The lowest BCUT2D eigenvalue weighted by Crippen LogP contribution is -2.52. The molecule has 17 heteroatoms. The molecule has 3 fully saturated rings. The van der Waals surface area contributed by atoms with E-state index in [0.717, 1.165) is 45.1 Å². The largest absolute Gasteiger partial charge is 0.372 e. The van der Waals surface area contributed by atoms with Crippen molar-refractivity contribution in [3.8, 4) is 0 Å². The molecule has 0 spiro atoms. The number of rotatable bonds is 11. The lowest BCUT2D eigenvalue weighted by molar-refractivity contribution is -0.138. The lowest BCUT2D eigenvalue weighted by Gasteiger charge is -2.29. The van der Waals surface area contributed by atoms with Crippen LogP contribution in [0.4, 0.5) is 5.69 Å². The molecule has 0 bridgehead atoms. The van der Waals surface area contributed by atoms with E-state index in [9.17, 15) is 38.4 Å². The third-order valence-electron chi connectivity index (χ3n) is 13.1. The molecule has 3 saturated heterocycles. The van der Waals surface area contributed by atoms with Crippen LogP contribution in [0.25, 0.3) is 0 Å². The first-order valence-corrected chi connectivity index (χ1v) is 24.3. The number of imide groups is 2. The van der Waals surface area contributed by atoms with Crippen molar-refractivity contribution in [2.24, 2.45) is 0 Å². The fourth-order valence-electron chi connectivity index (χ4n) is 9.07. The van der Waals surface area contributed by atoms with Gasteiger partial charge in [0, 0.05) is 65.2 Å². The molecule has 346 valence electrons. The molecule has 7 heterocycles. The number of piperidine rings is 2. The Morgan fingerprint density at radius 1 is 0.712 bits per heavy atom. The number of fused-ring (bicyclic) bond motifs is 2. The maximum absolute atomic E-state index is 12.8. The van der Waals surface area contributed by atoms with E-state index < -0.39 is 23.9 Å². The van der Waals surface area contributed by atoms with Gasteiger partial charge in [0.15, 0.2) is 0 Å². The van der Waals surface area contributed by atoms with Gasteiger partial charge in [-0.15, -0.1) is 22.7 Å². The highest BCUT2D eigenvalue weighted by Gasteiger charge is 2.42.